The monoisotopic (exact) mass is 261 g/mol. The number of nitrogens with two attached hydrogens (primary N) is 1. The van der Waals surface area contributed by atoms with Gasteiger partial charge in [0, 0.05) is 13.0 Å². The number of hydrogen-bond acceptors (Lipinski definition) is 3. The number of nitrogen functional groups attached to an aromatic ring is 1. The molecule has 1 aromatic heterocycles. The van der Waals surface area contributed by atoms with E-state index < -0.39 is 0 Å². The number of pyridine rings is 1. The molecule has 1 fully saturated rings. The third kappa shape index (κ3) is 3.69. The number of carbonyl (C=O) groups excluding carboxylic acids is 1. The van der Waals surface area contributed by atoms with Crippen LogP contribution in [0.25, 0.3) is 0 Å². The Morgan fingerprint density at radius 3 is 2.74 bits per heavy atom. The first-order valence-corrected chi connectivity index (χ1v) is 7.22. The zero-order valence-corrected chi connectivity index (χ0v) is 11.6. The van der Waals surface area contributed by atoms with Crippen LogP contribution >= 0.6 is 0 Å². The van der Waals surface area contributed by atoms with Crippen LogP contribution in [0.2, 0.25) is 0 Å². The average Bonchev–Trinajstić information content (AvgIpc) is 2.92. The number of nitrogens with zero attached hydrogens (tertiary/aromatic N) is 2. The van der Waals surface area contributed by atoms with Gasteiger partial charge in [0.2, 0.25) is 5.91 Å². The second kappa shape index (κ2) is 6.55. The molecule has 104 valence electrons. The Hall–Kier alpha value is -1.58. The highest BCUT2D eigenvalue weighted by Crippen LogP contribution is 2.29. The predicted molar refractivity (Wildman–Crippen MR) is 77.9 cm³/mol. The summed E-state index contributed by atoms with van der Waals surface area (Å²) in [6.45, 7) is 2.63. The molecule has 1 aliphatic carbocycles. The van der Waals surface area contributed by atoms with E-state index in [9.17, 15) is 4.79 Å². The molecule has 1 aromatic rings. The molecule has 2 N–H and O–H groups in total. The Morgan fingerprint density at radius 1 is 1.42 bits per heavy atom. The lowest BCUT2D eigenvalue weighted by Crippen LogP contribution is -2.31. The number of aromatic nitrogens is 1. The maximum Gasteiger partial charge on any atom is 0.228 e. The van der Waals surface area contributed by atoms with Crippen LogP contribution in [-0.4, -0.2) is 17.4 Å². The van der Waals surface area contributed by atoms with E-state index in [1.54, 1.807) is 17.2 Å². The number of carbonyl (C=O) groups is 1. The van der Waals surface area contributed by atoms with E-state index in [-0.39, 0.29) is 5.91 Å². The molecule has 1 saturated carbocycles. The minimum atomic E-state index is 0.173. The summed E-state index contributed by atoms with van der Waals surface area (Å²) in [4.78, 5) is 18.2. The molecule has 1 aliphatic rings. The Kier molecular flexibility index (Phi) is 4.77. The smallest absolute Gasteiger partial charge is 0.228 e. The van der Waals surface area contributed by atoms with Gasteiger partial charge >= 0.3 is 0 Å². The third-order valence-electron chi connectivity index (χ3n) is 3.91. The zero-order valence-electron chi connectivity index (χ0n) is 11.6. The molecular formula is C15H23N3O. The maximum atomic E-state index is 12.3. The molecule has 0 saturated heterocycles. The lowest BCUT2D eigenvalue weighted by molar-refractivity contribution is -0.118. The summed E-state index contributed by atoms with van der Waals surface area (Å²) in [5, 5.41) is 0. The van der Waals surface area contributed by atoms with Crippen molar-refractivity contribution in [3.05, 3.63) is 18.3 Å². The Bertz CT molecular complexity index is 410. The molecular weight excluding hydrogens is 238 g/mol. The van der Waals surface area contributed by atoms with Gasteiger partial charge in [0.05, 0.1) is 11.9 Å². The van der Waals surface area contributed by atoms with Gasteiger partial charge in [0.25, 0.3) is 0 Å². The molecule has 0 spiro atoms. The minimum Gasteiger partial charge on any atom is -0.397 e. The third-order valence-corrected chi connectivity index (χ3v) is 3.91. The molecule has 0 radical (unpaired) electrons. The van der Waals surface area contributed by atoms with Crippen molar-refractivity contribution in [2.24, 2.45) is 5.92 Å². The van der Waals surface area contributed by atoms with Gasteiger partial charge in [-0.3, -0.25) is 9.69 Å². The molecule has 0 aromatic carbocycles. The van der Waals surface area contributed by atoms with E-state index in [1.807, 2.05) is 13.0 Å². The topological polar surface area (TPSA) is 59.2 Å². The van der Waals surface area contributed by atoms with E-state index >= 15 is 0 Å². The fraction of sp³-hybridized carbons (Fsp3) is 0.600. The first-order valence-electron chi connectivity index (χ1n) is 7.22. The first-order chi connectivity index (χ1) is 9.20. The molecule has 0 bridgehead atoms. The van der Waals surface area contributed by atoms with Gasteiger partial charge in [-0.05, 0) is 31.4 Å². The fourth-order valence-electron chi connectivity index (χ4n) is 2.78. The summed E-state index contributed by atoms with van der Waals surface area (Å²) in [6, 6.07) is 3.60. The van der Waals surface area contributed by atoms with Gasteiger partial charge in [0.1, 0.15) is 5.82 Å². The normalized spacial score (nSPS) is 15.6. The lowest BCUT2D eigenvalue weighted by Gasteiger charge is -2.20. The van der Waals surface area contributed by atoms with Gasteiger partial charge in [0.15, 0.2) is 0 Å². The standard InChI is InChI=1S/C15H23N3O/c1-2-18(14-9-8-13(16)11-17-14)15(19)10-7-12-5-3-4-6-12/h8-9,11-12H,2-7,10,16H2,1H3. The summed E-state index contributed by atoms with van der Waals surface area (Å²) in [6.07, 6.45) is 8.49. The van der Waals surface area contributed by atoms with Crippen LogP contribution in [0.4, 0.5) is 11.5 Å². The molecule has 0 unspecified atom stereocenters. The van der Waals surface area contributed by atoms with E-state index in [2.05, 4.69) is 4.98 Å². The lowest BCUT2D eigenvalue weighted by atomic mass is 10.0. The number of amides is 1. The number of hydrogen-bond donors (Lipinski definition) is 1. The van der Waals surface area contributed by atoms with Crippen LogP contribution in [-0.2, 0) is 4.79 Å². The van der Waals surface area contributed by atoms with Gasteiger partial charge in [-0.15, -0.1) is 0 Å². The Balaban J connectivity index is 1.92. The van der Waals surface area contributed by atoms with Crippen molar-refractivity contribution < 1.29 is 4.79 Å². The molecule has 0 atom stereocenters. The van der Waals surface area contributed by atoms with E-state index in [1.165, 1.54) is 25.7 Å². The minimum absolute atomic E-state index is 0.173. The highest BCUT2D eigenvalue weighted by atomic mass is 16.2. The van der Waals surface area contributed by atoms with Crippen molar-refractivity contribution in [2.75, 3.05) is 17.2 Å². The van der Waals surface area contributed by atoms with E-state index in [4.69, 9.17) is 5.73 Å². The van der Waals surface area contributed by atoms with Crippen molar-refractivity contribution >= 4 is 17.4 Å². The summed E-state index contributed by atoms with van der Waals surface area (Å²) < 4.78 is 0. The SMILES string of the molecule is CCN(C(=O)CCC1CCCC1)c1ccc(N)cn1. The molecule has 19 heavy (non-hydrogen) atoms. The molecule has 4 heteroatoms. The zero-order chi connectivity index (χ0) is 13.7. The van der Waals surface area contributed by atoms with E-state index in [0.717, 1.165) is 12.3 Å². The van der Waals surface area contributed by atoms with Crippen LogP contribution in [0.15, 0.2) is 18.3 Å². The Labute approximate surface area is 115 Å². The average molecular weight is 261 g/mol. The second-order valence-electron chi connectivity index (χ2n) is 5.28. The van der Waals surface area contributed by atoms with Crippen LogP contribution in [0.3, 0.4) is 0 Å². The van der Waals surface area contributed by atoms with Crippen LogP contribution < -0.4 is 10.6 Å². The molecule has 1 amide bonds. The first kappa shape index (κ1) is 13.8. The van der Waals surface area contributed by atoms with Gasteiger partial charge < -0.3 is 5.73 Å². The highest BCUT2D eigenvalue weighted by molar-refractivity contribution is 5.92. The van der Waals surface area contributed by atoms with Crippen LogP contribution in [0.5, 0.6) is 0 Å². The summed E-state index contributed by atoms with van der Waals surface area (Å²) >= 11 is 0. The van der Waals surface area contributed by atoms with Crippen LogP contribution in [0, 0.1) is 5.92 Å². The van der Waals surface area contributed by atoms with Gasteiger partial charge in [-0.25, -0.2) is 4.98 Å². The van der Waals surface area contributed by atoms with E-state index in [0.29, 0.717) is 24.5 Å². The quantitative estimate of drug-likeness (QED) is 0.886. The van der Waals surface area contributed by atoms with Crippen molar-refractivity contribution in [1.82, 2.24) is 4.98 Å². The van der Waals surface area contributed by atoms with Crippen molar-refractivity contribution in [1.29, 1.82) is 0 Å². The fourth-order valence-corrected chi connectivity index (χ4v) is 2.78. The highest BCUT2D eigenvalue weighted by Gasteiger charge is 2.19. The maximum absolute atomic E-state index is 12.3. The molecule has 0 aliphatic heterocycles. The predicted octanol–water partition coefficient (Wildman–Crippen LogP) is 2.99. The van der Waals surface area contributed by atoms with Crippen LogP contribution in [0.1, 0.15) is 45.4 Å². The van der Waals surface area contributed by atoms with Crippen molar-refractivity contribution in [3.8, 4) is 0 Å². The van der Waals surface area contributed by atoms with Crippen molar-refractivity contribution in [2.45, 2.75) is 45.4 Å². The largest absolute Gasteiger partial charge is 0.397 e. The number of rotatable bonds is 5. The summed E-state index contributed by atoms with van der Waals surface area (Å²) in [5.74, 6) is 1.63. The van der Waals surface area contributed by atoms with Gasteiger partial charge in [-0.1, -0.05) is 25.7 Å². The summed E-state index contributed by atoms with van der Waals surface area (Å²) in [5.41, 5.74) is 6.24. The molecule has 2 rings (SSSR count). The van der Waals surface area contributed by atoms with Crippen molar-refractivity contribution in [3.63, 3.8) is 0 Å². The number of anilines is 2. The molecule has 1 heterocycles. The second-order valence-corrected chi connectivity index (χ2v) is 5.28. The van der Waals surface area contributed by atoms with Gasteiger partial charge in [-0.2, -0.15) is 0 Å². The summed E-state index contributed by atoms with van der Waals surface area (Å²) in [7, 11) is 0. The molecule has 4 nitrogen and oxygen atoms in total. The Morgan fingerprint density at radius 2 is 2.16 bits per heavy atom.